The third-order valence-corrected chi connectivity index (χ3v) is 4.94. The number of hydrogen-bond donors (Lipinski definition) is 1. The maximum atomic E-state index is 9.83. The van der Waals surface area contributed by atoms with Crippen LogP contribution in [-0.2, 0) is 6.42 Å². The molecule has 4 rings (SSSR count). The highest BCUT2D eigenvalue weighted by Crippen LogP contribution is 2.46. The number of pyridine rings is 1. The second-order valence-corrected chi connectivity index (χ2v) is 6.67. The molecule has 2 N–H and O–H groups in total. The Kier molecular flexibility index (Phi) is 4.28. The topological polar surface area (TPSA) is 85.6 Å². The summed E-state index contributed by atoms with van der Waals surface area (Å²) >= 11 is 0. The minimum atomic E-state index is -0.407. The summed E-state index contributed by atoms with van der Waals surface area (Å²) in [6, 6.07) is 10.1. The van der Waals surface area contributed by atoms with Gasteiger partial charge >= 0.3 is 0 Å². The van der Waals surface area contributed by atoms with E-state index in [1.165, 1.54) is 0 Å². The van der Waals surface area contributed by atoms with E-state index in [9.17, 15) is 5.26 Å². The molecule has 6 nitrogen and oxygen atoms in total. The Balaban J connectivity index is 2.02. The average Bonchev–Trinajstić information content (AvgIpc) is 3.08. The van der Waals surface area contributed by atoms with Crippen molar-refractivity contribution in [3.05, 3.63) is 83.2 Å². The Morgan fingerprint density at radius 1 is 1.39 bits per heavy atom. The number of nitrogens with zero attached hydrogens (tertiary/aromatic N) is 3. The van der Waals surface area contributed by atoms with Crippen LogP contribution in [0.15, 0.2) is 60.8 Å². The summed E-state index contributed by atoms with van der Waals surface area (Å²) in [5.74, 6) is 0.967. The second kappa shape index (κ2) is 6.78. The molecule has 1 aromatic carbocycles. The minimum Gasteiger partial charge on any atom is -0.496 e. The molecule has 28 heavy (non-hydrogen) atoms. The molecule has 6 heteroatoms. The molecule has 2 aromatic heterocycles. The largest absolute Gasteiger partial charge is 0.496 e. The first-order chi connectivity index (χ1) is 13.6. The third kappa shape index (κ3) is 2.60. The molecule has 0 aliphatic carbocycles. The molecule has 0 radical (unpaired) electrons. The SMILES string of the molecule is C=CCc1cccc(C2C(C#N)=C(N)Oc3c2ccn2cc(C)nc32)c1OC. The Hall–Kier alpha value is -3.72. The fourth-order valence-electron chi connectivity index (χ4n) is 3.80. The summed E-state index contributed by atoms with van der Waals surface area (Å²) in [6.07, 6.45) is 6.32. The highest BCUT2D eigenvalue weighted by Gasteiger charge is 2.34. The molecule has 0 saturated carbocycles. The van der Waals surface area contributed by atoms with Crippen LogP contribution in [-0.4, -0.2) is 16.5 Å². The van der Waals surface area contributed by atoms with E-state index in [0.29, 0.717) is 23.4 Å². The first-order valence-corrected chi connectivity index (χ1v) is 8.91. The van der Waals surface area contributed by atoms with Crippen molar-refractivity contribution in [2.45, 2.75) is 19.3 Å². The molecule has 0 fully saturated rings. The summed E-state index contributed by atoms with van der Waals surface area (Å²) in [7, 11) is 1.63. The van der Waals surface area contributed by atoms with Crippen molar-refractivity contribution >= 4 is 5.65 Å². The highest BCUT2D eigenvalue weighted by molar-refractivity contribution is 5.67. The monoisotopic (exact) mass is 372 g/mol. The van der Waals surface area contributed by atoms with Crippen molar-refractivity contribution in [3.8, 4) is 17.6 Å². The molecular formula is C22H20N4O2. The van der Waals surface area contributed by atoms with Gasteiger partial charge in [0.05, 0.1) is 18.7 Å². The van der Waals surface area contributed by atoms with Crippen molar-refractivity contribution in [2.75, 3.05) is 7.11 Å². The lowest BCUT2D eigenvalue weighted by Crippen LogP contribution is -2.22. The minimum absolute atomic E-state index is 0.0879. The van der Waals surface area contributed by atoms with Gasteiger partial charge in [-0.05, 0) is 25.0 Å². The molecule has 0 spiro atoms. The Labute approximate surface area is 163 Å². The number of allylic oxidation sites excluding steroid dienone is 2. The van der Waals surface area contributed by atoms with Crippen LogP contribution in [0.2, 0.25) is 0 Å². The lowest BCUT2D eigenvalue weighted by atomic mass is 9.82. The van der Waals surface area contributed by atoms with Gasteiger partial charge < -0.3 is 19.6 Å². The van der Waals surface area contributed by atoms with Crippen molar-refractivity contribution in [3.63, 3.8) is 0 Å². The van der Waals surface area contributed by atoms with E-state index in [1.54, 1.807) is 7.11 Å². The van der Waals surface area contributed by atoms with E-state index >= 15 is 0 Å². The maximum Gasteiger partial charge on any atom is 0.205 e. The second-order valence-electron chi connectivity index (χ2n) is 6.67. The number of ether oxygens (including phenoxy) is 2. The number of methoxy groups -OCH3 is 1. The summed E-state index contributed by atoms with van der Waals surface area (Å²) < 4.78 is 13.5. The van der Waals surface area contributed by atoms with Crippen LogP contribution in [0.1, 0.15) is 28.3 Å². The van der Waals surface area contributed by atoms with Gasteiger partial charge in [-0.1, -0.05) is 24.3 Å². The molecule has 3 aromatic rings. The van der Waals surface area contributed by atoms with Crippen molar-refractivity contribution < 1.29 is 9.47 Å². The van der Waals surface area contributed by atoms with Gasteiger partial charge in [-0.2, -0.15) is 5.26 Å². The molecular weight excluding hydrogens is 352 g/mol. The lowest BCUT2D eigenvalue weighted by Gasteiger charge is -2.28. The zero-order chi connectivity index (χ0) is 19.8. The van der Waals surface area contributed by atoms with E-state index < -0.39 is 5.92 Å². The lowest BCUT2D eigenvalue weighted by molar-refractivity contribution is 0.387. The fraction of sp³-hybridized carbons (Fsp3) is 0.182. The molecule has 0 amide bonds. The van der Waals surface area contributed by atoms with E-state index in [1.807, 2.05) is 54.1 Å². The van der Waals surface area contributed by atoms with Crippen molar-refractivity contribution in [2.24, 2.45) is 5.73 Å². The number of imidazole rings is 1. The third-order valence-electron chi connectivity index (χ3n) is 4.94. The normalized spacial score (nSPS) is 15.7. The standard InChI is InChI=1S/C22H20N4O2/c1-4-6-14-7-5-8-15(19(14)27-3)18-16-9-10-26-12-13(2)25-22(26)20(16)28-21(24)17(18)11-23/h4-5,7-10,12,18H,1,6,24H2,2-3H3. The molecule has 1 aliphatic rings. The van der Waals surface area contributed by atoms with Crippen LogP contribution in [0.4, 0.5) is 0 Å². The average molecular weight is 372 g/mol. The first kappa shape index (κ1) is 17.7. The van der Waals surface area contributed by atoms with Gasteiger partial charge in [-0.15, -0.1) is 6.58 Å². The van der Waals surface area contributed by atoms with Crippen LogP contribution < -0.4 is 15.2 Å². The van der Waals surface area contributed by atoms with Gasteiger partial charge in [0.1, 0.15) is 17.4 Å². The van der Waals surface area contributed by atoms with Crippen LogP contribution in [0, 0.1) is 18.3 Å². The van der Waals surface area contributed by atoms with Gasteiger partial charge in [0, 0.05) is 23.5 Å². The van der Waals surface area contributed by atoms with E-state index in [4.69, 9.17) is 15.2 Å². The van der Waals surface area contributed by atoms with Crippen LogP contribution >= 0.6 is 0 Å². The number of para-hydroxylation sites is 1. The number of hydrogen-bond acceptors (Lipinski definition) is 5. The smallest absolute Gasteiger partial charge is 0.205 e. The highest BCUT2D eigenvalue weighted by atomic mass is 16.5. The van der Waals surface area contributed by atoms with E-state index in [2.05, 4.69) is 17.6 Å². The number of nitrogens with two attached hydrogens (primary N) is 1. The maximum absolute atomic E-state index is 9.83. The fourth-order valence-corrected chi connectivity index (χ4v) is 3.80. The van der Waals surface area contributed by atoms with E-state index in [-0.39, 0.29) is 5.88 Å². The molecule has 1 unspecified atom stereocenters. The molecule has 3 heterocycles. The predicted octanol–water partition coefficient (Wildman–Crippen LogP) is 3.60. The Morgan fingerprint density at radius 3 is 2.93 bits per heavy atom. The van der Waals surface area contributed by atoms with Crippen molar-refractivity contribution in [1.82, 2.24) is 9.38 Å². The zero-order valence-corrected chi connectivity index (χ0v) is 15.8. The summed E-state index contributed by atoms with van der Waals surface area (Å²) in [5, 5.41) is 9.83. The van der Waals surface area contributed by atoms with Gasteiger partial charge in [0.15, 0.2) is 11.4 Å². The Bertz CT molecular complexity index is 1170. The number of nitriles is 1. The van der Waals surface area contributed by atoms with Crippen molar-refractivity contribution in [1.29, 1.82) is 5.26 Å². The van der Waals surface area contributed by atoms with Gasteiger partial charge in [0.2, 0.25) is 5.88 Å². The van der Waals surface area contributed by atoms with E-state index in [0.717, 1.165) is 28.1 Å². The number of aryl methyl sites for hydroxylation is 1. The Morgan fingerprint density at radius 2 is 2.21 bits per heavy atom. The summed E-state index contributed by atoms with van der Waals surface area (Å²) in [6.45, 7) is 5.74. The molecule has 1 aliphatic heterocycles. The molecule has 0 bridgehead atoms. The van der Waals surface area contributed by atoms with Crippen LogP contribution in [0.3, 0.4) is 0 Å². The summed E-state index contributed by atoms with van der Waals surface area (Å²) in [4.78, 5) is 4.56. The number of rotatable bonds is 4. The number of benzene rings is 1. The van der Waals surface area contributed by atoms with Gasteiger partial charge in [-0.25, -0.2) is 4.98 Å². The molecule has 1 atom stereocenters. The quantitative estimate of drug-likeness (QED) is 0.707. The van der Waals surface area contributed by atoms with Crippen LogP contribution in [0.25, 0.3) is 5.65 Å². The number of aromatic nitrogens is 2. The van der Waals surface area contributed by atoms with Gasteiger partial charge in [0.25, 0.3) is 0 Å². The van der Waals surface area contributed by atoms with Crippen LogP contribution in [0.5, 0.6) is 11.5 Å². The predicted molar refractivity (Wildman–Crippen MR) is 106 cm³/mol. The zero-order valence-electron chi connectivity index (χ0n) is 15.8. The number of fused-ring (bicyclic) bond motifs is 3. The molecule has 140 valence electrons. The molecule has 0 saturated heterocycles. The first-order valence-electron chi connectivity index (χ1n) is 8.91. The summed E-state index contributed by atoms with van der Waals surface area (Å²) in [5.41, 5.74) is 10.7. The van der Waals surface area contributed by atoms with Gasteiger partial charge in [-0.3, -0.25) is 0 Å².